The molecule has 2 aromatic rings. The molecule has 0 unspecified atom stereocenters. The van der Waals surface area contributed by atoms with Crippen molar-refractivity contribution in [3.8, 4) is 0 Å². The third kappa shape index (κ3) is 3.26. The number of halogens is 4. The summed E-state index contributed by atoms with van der Waals surface area (Å²) in [6, 6.07) is 8.95. The molecule has 0 aliphatic rings. The first kappa shape index (κ1) is 14.3. The number of hydrogen-bond donors (Lipinski definition) is 1. The molecule has 1 amide bonds. The Hall–Kier alpha value is -1.10. The molecule has 2 rings (SSSR count). The second-order valence-electron chi connectivity index (χ2n) is 3.68. The summed E-state index contributed by atoms with van der Waals surface area (Å²) in [5, 5.41) is 3.03. The lowest BCUT2D eigenvalue weighted by molar-refractivity contribution is 0.102. The standard InChI is InChI=1S/C13H7BrCl2FNO/c14-9-5-7(17)6-11(16)12(9)18-13(19)8-3-1-2-4-10(8)15/h1-6H,(H,18,19). The van der Waals surface area contributed by atoms with Gasteiger partial charge in [0.25, 0.3) is 5.91 Å². The van der Waals surface area contributed by atoms with Gasteiger partial charge in [-0.15, -0.1) is 0 Å². The molecule has 2 aromatic carbocycles. The van der Waals surface area contributed by atoms with E-state index in [-0.39, 0.29) is 5.02 Å². The van der Waals surface area contributed by atoms with Crippen LogP contribution in [0.4, 0.5) is 10.1 Å². The van der Waals surface area contributed by atoms with E-state index >= 15 is 0 Å². The van der Waals surface area contributed by atoms with Crippen LogP contribution in [0.2, 0.25) is 10.0 Å². The van der Waals surface area contributed by atoms with E-state index in [0.29, 0.717) is 20.7 Å². The van der Waals surface area contributed by atoms with Gasteiger partial charge in [-0.3, -0.25) is 4.79 Å². The van der Waals surface area contributed by atoms with E-state index in [2.05, 4.69) is 21.2 Å². The van der Waals surface area contributed by atoms with Crippen LogP contribution in [0, 0.1) is 5.82 Å². The molecule has 0 fully saturated rings. The van der Waals surface area contributed by atoms with Crippen molar-refractivity contribution in [2.45, 2.75) is 0 Å². The largest absolute Gasteiger partial charge is 0.320 e. The van der Waals surface area contributed by atoms with E-state index in [4.69, 9.17) is 23.2 Å². The Bertz CT molecular complexity index is 625. The van der Waals surface area contributed by atoms with Crippen LogP contribution in [0.15, 0.2) is 40.9 Å². The first-order chi connectivity index (χ1) is 8.99. The molecule has 0 aromatic heterocycles. The molecule has 2 nitrogen and oxygen atoms in total. The van der Waals surface area contributed by atoms with Gasteiger partial charge in [-0.2, -0.15) is 0 Å². The van der Waals surface area contributed by atoms with Gasteiger partial charge in [0.2, 0.25) is 0 Å². The second-order valence-corrected chi connectivity index (χ2v) is 5.35. The van der Waals surface area contributed by atoms with Gasteiger partial charge in [0.15, 0.2) is 0 Å². The molecule has 98 valence electrons. The van der Waals surface area contributed by atoms with Crippen molar-refractivity contribution in [2.24, 2.45) is 0 Å². The average molecular weight is 363 g/mol. The fourth-order valence-corrected chi connectivity index (χ4v) is 2.61. The highest BCUT2D eigenvalue weighted by atomic mass is 79.9. The van der Waals surface area contributed by atoms with Crippen molar-refractivity contribution in [1.29, 1.82) is 0 Å². The van der Waals surface area contributed by atoms with Crippen LogP contribution in [-0.2, 0) is 0 Å². The van der Waals surface area contributed by atoms with E-state index in [0.717, 1.165) is 6.07 Å². The summed E-state index contributed by atoms with van der Waals surface area (Å²) < 4.78 is 13.4. The Labute approximate surface area is 127 Å². The van der Waals surface area contributed by atoms with Crippen molar-refractivity contribution < 1.29 is 9.18 Å². The van der Waals surface area contributed by atoms with Gasteiger partial charge in [0.1, 0.15) is 5.82 Å². The zero-order valence-electron chi connectivity index (χ0n) is 9.38. The molecular weight excluding hydrogens is 356 g/mol. The van der Waals surface area contributed by atoms with Gasteiger partial charge >= 0.3 is 0 Å². The highest BCUT2D eigenvalue weighted by Gasteiger charge is 2.14. The first-order valence-corrected chi connectivity index (χ1v) is 6.74. The molecule has 0 atom stereocenters. The molecule has 0 radical (unpaired) electrons. The summed E-state index contributed by atoms with van der Waals surface area (Å²) in [6.45, 7) is 0. The average Bonchev–Trinajstić information content (AvgIpc) is 2.34. The van der Waals surface area contributed by atoms with Crippen LogP contribution >= 0.6 is 39.1 Å². The Morgan fingerprint density at radius 2 is 1.84 bits per heavy atom. The maximum atomic E-state index is 13.1. The van der Waals surface area contributed by atoms with Crippen molar-refractivity contribution >= 4 is 50.7 Å². The van der Waals surface area contributed by atoms with Crippen LogP contribution in [0.3, 0.4) is 0 Å². The molecule has 0 saturated carbocycles. The highest BCUT2D eigenvalue weighted by molar-refractivity contribution is 9.10. The number of nitrogens with one attached hydrogen (secondary N) is 1. The van der Waals surface area contributed by atoms with Gasteiger partial charge < -0.3 is 5.32 Å². The molecule has 0 aliphatic carbocycles. The third-order valence-electron chi connectivity index (χ3n) is 2.36. The van der Waals surface area contributed by atoms with Crippen LogP contribution in [0.1, 0.15) is 10.4 Å². The topological polar surface area (TPSA) is 29.1 Å². The quantitative estimate of drug-likeness (QED) is 0.786. The van der Waals surface area contributed by atoms with Crippen LogP contribution in [-0.4, -0.2) is 5.91 Å². The van der Waals surface area contributed by atoms with Crippen molar-refractivity contribution in [2.75, 3.05) is 5.32 Å². The minimum Gasteiger partial charge on any atom is -0.320 e. The summed E-state index contributed by atoms with van der Waals surface area (Å²) >= 11 is 15.0. The first-order valence-electron chi connectivity index (χ1n) is 5.19. The van der Waals surface area contributed by atoms with Crippen LogP contribution < -0.4 is 5.32 Å². The molecule has 6 heteroatoms. The van der Waals surface area contributed by atoms with E-state index in [9.17, 15) is 9.18 Å². The third-order valence-corrected chi connectivity index (χ3v) is 3.62. The maximum Gasteiger partial charge on any atom is 0.257 e. The van der Waals surface area contributed by atoms with Crippen LogP contribution in [0.25, 0.3) is 0 Å². The second kappa shape index (κ2) is 5.90. The minimum atomic E-state index is -0.493. The number of carbonyl (C=O) groups excluding carboxylic acids is 1. The number of benzene rings is 2. The summed E-state index contributed by atoms with van der Waals surface area (Å²) in [7, 11) is 0. The Kier molecular flexibility index (Phi) is 4.45. The predicted octanol–water partition coefficient (Wildman–Crippen LogP) is 5.15. The van der Waals surface area contributed by atoms with Gasteiger partial charge in [-0.25, -0.2) is 4.39 Å². The molecule has 0 heterocycles. The molecule has 0 saturated heterocycles. The highest BCUT2D eigenvalue weighted by Crippen LogP contribution is 2.32. The fourth-order valence-electron chi connectivity index (χ4n) is 1.49. The van der Waals surface area contributed by atoms with Gasteiger partial charge in [-0.05, 0) is 40.2 Å². The van der Waals surface area contributed by atoms with E-state index in [1.54, 1.807) is 24.3 Å². The summed E-state index contributed by atoms with van der Waals surface area (Å²) in [5.74, 6) is -0.910. The number of rotatable bonds is 2. The van der Waals surface area contributed by atoms with E-state index < -0.39 is 11.7 Å². The predicted molar refractivity (Wildman–Crippen MR) is 78.5 cm³/mol. The number of hydrogen-bond acceptors (Lipinski definition) is 1. The zero-order valence-corrected chi connectivity index (χ0v) is 12.5. The number of anilines is 1. The van der Waals surface area contributed by atoms with Crippen molar-refractivity contribution in [1.82, 2.24) is 0 Å². The van der Waals surface area contributed by atoms with Crippen molar-refractivity contribution in [3.63, 3.8) is 0 Å². The molecule has 19 heavy (non-hydrogen) atoms. The summed E-state index contributed by atoms with van der Waals surface area (Å²) in [6.07, 6.45) is 0. The fraction of sp³-hybridized carbons (Fsp3) is 0. The SMILES string of the molecule is O=C(Nc1c(Cl)cc(F)cc1Br)c1ccccc1Cl. The minimum absolute atomic E-state index is 0.104. The normalized spacial score (nSPS) is 10.3. The maximum absolute atomic E-state index is 13.1. The van der Waals surface area contributed by atoms with Gasteiger partial charge in [-0.1, -0.05) is 35.3 Å². The smallest absolute Gasteiger partial charge is 0.257 e. The monoisotopic (exact) mass is 361 g/mol. The molecule has 0 bridgehead atoms. The van der Waals surface area contributed by atoms with E-state index in [1.807, 2.05) is 0 Å². The summed E-state index contributed by atoms with van der Waals surface area (Å²) in [4.78, 5) is 12.1. The lowest BCUT2D eigenvalue weighted by Gasteiger charge is -2.10. The Morgan fingerprint density at radius 3 is 2.47 bits per heavy atom. The van der Waals surface area contributed by atoms with Gasteiger partial charge in [0, 0.05) is 4.47 Å². The molecule has 0 spiro atoms. The Morgan fingerprint density at radius 1 is 1.16 bits per heavy atom. The molecular formula is C13H7BrCl2FNO. The summed E-state index contributed by atoms with van der Waals surface area (Å²) in [5.41, 5.74) is 0.615. The number of carbonyl (C=O) groups is 1. The Balaban J connectivity index is 2.32. The number of amides is 1. The van der Waals surface area contributed by atoms with E-state index in [1.165, 1.54) is 6.07 Å². The van der Waals surface area contributed by atoms with Crippen molar-refractivity contribution in [3.05, 3.63) is 62.3 Å². The van der Waals surface area contributed by atoms with Gasteiger partial charge in [0.05, 0.1) is 21.3 Å². The molecule has 0 aliphatic heterocycles. The lowest BCUT2D eigenvalue weighted by atomic mass is 10.2. The lowest BCUT2D eigenvalue weighted by Crippen LogP contribution is -2.13. The zero-order chi connectivity index (χ0) is 14.0. The molecule has 1 N–H and O–H groups in total. The van der Waals surface area contributed by atoms with Crippen LogP contribution in [0.5, 0.6) is 0 Å².